The second kappa shape index (κ2) is 6.57. The number of carbonyl (C=O) groups excluding carboxylic acids is 1. The van der Waals surface area contributed by atoms with Crippen LogP contribution in [0.15, 0.2) is 35.7 Å². The maximum Gasteiger partial charge on any atom is 0.253 e. The van der Waals surface area contributed by atoms with Crippen molar-refractivity contribution in [1.82, 2.24) is 0 Å². The molecule has 0 aromatic heterocycles. The second-order valence-electron chi connectivity index (χ2n) is 4.80. The van der Waals surface area contributed by atoms with Gasteiger partial charge < -0.3 is 21.1 Å². The van der Waals surface area contributed by atoms with E-state index in [1.807, 2.05) is 31.2 Å². The summed E-state index contributed by atoms with van der Waals surface area (Å²) in [6.45, 7) is 3.29. The molecule has 1 saturated heterocycles. The number of allylic oxidation sites excluding steroid dienone is 1. The zero-order valence-corrected chi connectivity index (χ0v) is 12.1. The predicted octanol–water partition coefficient (Wildman–Crippen LogP) is -0.121. The summed E-state index contributed by atoms with van der Waals surface area (Å²) in [7, 11) is 0. The quantitative estimate of drug-likeness (QED) is 0.527. The SMILES string of the molecule is CC(=C(N)CN)N(N)c1ccc(N2CCOCC2=O)cc1. The van der Waals surface area contributed by atoms with Crippen LogP contribution >= 0.6 is 0 Å². The number of hydrogen-bond donors (Lipinski definition) is 3. The summed E-state index contributed by atoms with van der Waals surface area (Å²) < 4.78 is 5.11. The van der Waals surface area contributed by atoms with E-state index in [1.165, 1.54) is 5.01 Å². The largest absolute Gasteiger partial charge is 0.400 e. The first-order valence-corrected chi connectivity index (χ1v) is 6.73. The van der Waals surface area contributed by atoms with E-state index in [0.717, 1.165) is 11.4 Å². The third-order valence-electron chi connectivity index (χ3n) is 3.47. The molecule has 1 aromatic carbocycles. The van der Waals surface area contributed by atoms with Crippen molar-refractivity contribution in [3.8, 4) is 0 Å². The number of amides is 1. The number of nitrogens with two attached hydrogens (primary N) is 3. The molecule has 0 bridgehead atoms. The summed E-state index contributed by atoms with van der Waals surface area (Å²) in [6, 6.07) is 7.38. The number of carbonyl (C=O) groups is 1. The summed E-state index contributed by atoms with van der Waals surface area (Å²) in [4.78, 5) is 13.5. The van der Waals surface area contributed by atoms with E-state index in [2.05, 4.69) is 0 Å². The molecule has 7 nitrogen and oxygen atoms in total. The van der Waals surface area contributed by atoms with Gasteiger partial charge in [0.05, 0.1) is 18.0 Å². The number of morpholine rings is 1. The molecule has 0 aliphatic carbocycles. The van der Waals surface area contributed by atoms with Crippen molar-refractivity contribution in [2.24, 2.45) is 17.3 Å². The lowest BCUT2D eigenvalue weighted by atomic mass is 10.2. The van der Waals surface area contributed by atoms with Gasteiger partial charge in [-0.1, -0.05) is 0 Å². The monoisotopic (exact) mass is 291 g/mol. The standard InChI is InChI=1S/C14H21N5O2/c1-10(13(16)8-15)19(17)12-4-2-11(3-5-12)18-6-7-21-9-14(18)20/h2-5H,6-9,15-17H2,1H3. The number of nitrogens with zero attached hydrogens (tertiary/aromatic N) is 2. The lowest BCUT2D eigenvalue weighted by Crippen LogP contribution is -2.41. The average Bonchev–Trinajstić information content (AvgIpc) is 2.53. The van der Waals surface area contributed by atoms with Gasteiger partial charge >= 0.3 is 0 Å². The molecule has 0 atom stereocenters. The molecule has 1 heterocycles. The Kier molecular flexibility index (Phi) is 4.79. The average molecular weight is 291 g/mol. The summed E-state index contributed by atoms with van der Waals surface area (Å²) in [5, 5.41) is 1.48. The van der Waals surface area contributed by atoms with Crippen LogP contribution in [0.25, 0.3) is 0 Å². The number of anilines is 2. The normalized spacial score (nSPS) is 16.7. The minimum absolute atomic E-state index is 0.0398. The molecule has 21 heavy (non-hydrogen) atoms. The van der Waals surface area contributed by atoms with Crippen LogP contribution in [0.5, 0.6) is 0 Å². The van der Waals surface area contributed by atoms with Gasteiger partial charge in [0.15, 0.2) is 0 Å². The minimum Gasteiger partial charge on any atom is -0.400 e. The molecular formula is C14H21N5O2. The maximum absolute atomic E-state index is 11.8. The highest BCUT2D eigenvalue weighted by atomic mass is 16.5. The summed E-state index contributed by atoms with van der Waals surface area (Å²) >= 11 is 0. The number of rotatable bonds is 4. The Morgan fingerprint density at radius 3 is 2.62 bits per heavy atom. The maximum atomic E-state index is 11.8. The highest BCUT2D eigenvalue weighted by Gasteiger charge is 2.20. The third-order valence-corrected chi connectivity index (χ3v) is 3.47. The van der Waals surface area contributed by atoms with Crippen molar-refractivity contribution in [2.75, 3.05) is 36.2 Å². The van der Waals surface area contributed by atoms with Gasteiger partial charge in [0, 0.05) is 24.5 Å². The molecular weight excluding hydrogens is 270 g/mol. The molecule has 1 amide bonds. The minimum atomic E-state index is -0.0398. The lowest BCUT2D eigenvalue weighted by Gasteiger charge is -2.27. The molecule has 1 aromatic rings. The fraction of sp³-hybridized carbons (Fsp3) is 0.357. The van der Waals surface area contributed by atoms with Gasteiger partial charge in [-0.3, -0.25) is 9.80 Å². The topological polar surface area (TPSA) is 111 Å². The highest BCUT2D eigenvalue weighted by Crippen LogP contribution is 2.22. The summed E-state index contributed by atoms with van der Waals surface area (Å²) in [5.41, 5.74) is 14.1. The van der Waals surface area contributed by atoms with E-state index in [9.17, 15) is 4.79 Å². The number of benzene rings is 1. The van der Waals surface area contributed by atoms with Crippen molar-refractivity contribution in [2.45, 2.75) is 6.92 Å². The van der Waals surface area contributed by atoms with E-state index in [0.29, 0.717) is 24.5 Å². The Balaban J connectivity index is 2.17. The van der Waals surface area contributed by atoms with Gasteiger partial charge in [0.1, 0.15) is 6.61 Å². The van der Waals surface area contributed by atoms with Crippen molar-refractivity contribution in [1.29, 1.82) is 0 Å². The van der Waals surface area contributed by atoms with Crippen molar-refractivity contribution in [3.05, 3.63) is 35.7 Å². The molecule has 0 radical (unpaired) electrons. The smallest absolute Gasteiger partial charge is 0.253 e. The Labute approximate surface area is 123 Å². The van der Waals surface area contributed by atoms with Crippen LogP contribution in [0.1, 0.15) is 6.92 Å². The number of ether oxygens (including phenoxy) is 1. The van der Waals surface area contributed by atoms with E-state index in [1.54, 1.807) is 4.90 Å². The van der Waals surface area contributed by atoms with Gasteiger partial charge in [0.2, 0.25) is 0 Å². The van der Waals surface area contributed by atoms with Crippen LogP contribution in [0.3, 0.4) is 0 Å². The van der Waals surface area contributed by atoms with Crippen LogP contribution in [-0.2, 0) is 9.53 Å². The van der Waals surface area contributed by atoms with Crippen LogP contribution in [0, 0.1) is 0 Å². The van der Waals surface area contributed by atoms with Crippen LogP contribution in [0.4, 0.5) is 11.4 Å². The van der Waals surface area contributed by atoms with Crippen LogP contribution in [0.2, 0.25) is 0 Å². The van der Waals surface area contributed by atoms with Crippen LogP contribution in [-0.4, -0.2) is 32.2 Å². The third kappa shape index (κ3) is 3.33. The fourth-order valence-corrected chi connectivity index (χ4v) is 2.08. The molecule has 114 valence electrons. The van der Waals surface area contributed by atoms with Gasteiger partial charge in [-0.2, -0.15) is 0 Å². The first-order valence-electron chi connectivity index (χ1n) is 6.73. The molecule has 0 saturated carbocycles. The molecule has 0 unspecified atom stereocenters. The first kappa shape index (κ1) is 15.3. The summed E-state index contributed by atoms with van der Waals surface area (Å²) in [5.74, 6) is 5.97. The zero-order chi connectivity index (χ0) is 15.4. The number of hydrogen-bond acceptors (Lipinski definition) is 6. The molecule has 6 N–H and O–H groups in total. The Hall–Kier alpha value is -2.09. The van der Waals surface area contributed by atoms with Crippen LogP contribution < -0.4 is 27.2 Å². The van der Waals surface area contributed by atoms with E-state index in [4.69, 9.17) is 22.0 Å². The van der Waals surface area contributed by atoms with E-state index >= 15 is 0 Å². The van der Waals surface area contributed by atoms with Crippen molar-refractivity contribution in [3.63, 3.8) is 0 Å². The molecule has 7 heteroatoms. The molecule has 1 aliphatic heterocycles. The predicted molar refractivity (Wildman–Crippen MR) is 82.2 cm³/mol. The fourth-order valence-electron chi connectivity index (χ4n) is 2.08. The molecule has 2 rings (SSSR count). The van der Waals surface area contributed by atoms with Gasteiger partial charge in [-0.05, 0) is 31.2 Å². The van der Waals surface area contributed by atoms with Gasteiger partial charge in [0.25, 0.3) is 5.91 Å². The van der Waals surface area contributed by atoms with Crippen molar-refractivity contribution >= 4 is 17.3 Å². The van der Waals surface area contributed by atoms with Gasteiger partial charge in [-0.15, -0.1) is 0 Å². The Bertz CT molecular complexity index is 541. The second-order valence-corrected chi connectivity index (χ2v) is 4.80. The zero-order valence-electron chi connectivity index (χ0n) is 12.1. The lowest BCUT2D eigenvalue weighted by molar-refractivity contribution is -0.125. The van der Waals surface area contributed by atoms with E-state index in [-0.39, 0.29) is 19.1 Å². The van der Waals surface area contributed by atoms with Gasteiger partial charge in [-0.25, -0.2) is 5.84 Å². The van der Waals surface area contributed by atoms with E-state index < -0.39 is 0 Å². The molecule has 1 aliphatic rings. The highest BCUT2D eigenvalue weighted by molar-refractivity contribution is 5.95. The summed E-state index contributed by atoms with van der Waals surface area (Å²) in [6.07, 6.45) is 0. The Morgan fingerprint density at radius 1 is 1.38 bits per heavy atom. The Morgan fingerprint density at radius 2 is 2.05 bits per heavy atom. The first-order chi connectivity index (χ1) is 10.0. The molecule has 0 spiro atoms. The number of hydrazine groups is 1. The van der Waals surface area contributed by atoms with Crippen molar-refractivity contribution < 1.29 is 9.53 Å². The molecule has 1 fully saturated rings.